The van der Waals surface area contributed by atoms with Crippen LogP contribution in [0, 0.1) is 16.7 Å². The SMILES string of the molecule is CC(=O)O[C@H]1C(=O)[C@@]2(C)[C@H]([C@H](OC(=O)c3ccccc3)[C@]3(O)C[C@H](OC(=O)[C@H](O)C(C=C(C)C)NC(=O)OCc4ccccc4)C(C)=C1C3(C)C)[C@]1(OC(C)=O)CO[C@@H]1C[C@@H]2O. The van der Waals surface area contributed by atoms with E-state index in [0.717, 1.165) is 13.8 Å². The third-order valence-electron chi connectivity index (χ3n) is 13.0. The molecule has 1 saturated heterocycles. The highest BCUT2D eigenvalue weighted by atomic mass is 16.6. The molecule has 1 heterocycles. The van der Waals surface area contributed by atoms with E-state index >= 15 is 4.79 Å². The number of hydrogen-bond acceptors (Lipinski definition) is 15. The monoisotopic (exact) mass is 861 g/mol. The molecule has 1 aliphatic heterocycles. The number of aliphatic hydroxyl groups excluding tert-OH is 2. The van der Waals surface area contributed by atoms with Gasteiger partial charge in [0, 0.05) is 32.1 Å². The standard InChI is InChI=1S/C46H55NO15/c1-24(2)19-30(47-42(55)57-22-28-15-11-9-12-16-28)35(51)41(54)60-31-21-46(56)39(61-40(53)29-17-13-10-14-18-29)37-44(8,32(50)20-33-45(37,23-58-33)62-27(5)49)38(52)36(59-26(4)48)34(25(31)3)43(46,6)7/h9-19,30-33,35-37,39,50-51,56H,20-23H2,1-8H3,(H,47,55)/t30?,31-,32-,33+,35+,36+,37-,39-,44+,45-,46+/m0/s1. The molecule has 16 heteroatoms. The number of hydrogen-bond donors (Lipinski definition) is 4. The molecule has 1 amide bonds. The van der Waals surface area contributed by atoms with Crippen molar-refractivity contribution in [2.75, 3.05) is 6.61 Å². The van der Waals surface area contributed by atoms with E-state index in [1.807, 2.05) is 0 Å². The summed E-state index contributed by atoms with van der Waals surface area (Å²) >= 11 is 0. The van der Waals surface area contributed by atoms with Gasteiger partial charge in [0.15, 0.2) is 23.6 Å². The molecule has 334 valence electrons. The largest absolute Gasteiger partial charge is 0.456 e. The van der Waals surface area contributed by atoms with Crippen molar-refractivity contribution in [1.82, 2.24) is 5.32 Å². The summed E-state index contributed by atoms with van der Waals surface area (Å²) in [6, 6.07) is 15.3. The van der Waals surface area contributed by atoms with Gasteiger partial charge in [0.05, 0.1) is 35.6 Å². The van der Waals surface area contributed by atoms with Crippen molar-refractivity contribution in [2.24, 2.45) is 16.7 Å². The second kappa shape index (κ2) is 17.4. The summed E-state index contributed by atoms with van der Waals surface area (Å²) in [6.45, 7) is 11.2. The van der Waals surface area contributed by atoms with Crippen LogP contribution in [0.2, 0.25) is 0 Å². The Hall–Kier alpha value is -5.42. The molecule has 62 heavy (non-hydrogen) atoms. The molecule has 2 aromatic carbocycles. The first-order valence-electron chi connectivity index (χ1n) is 20.5. The van der Waals surface area contributed by atoms with E-state index in [0.29, 0.717) is 11.1 Å². The number of alkyl carbamates (subject to hydrolysis) is 1. The predicted molar refractivity (Wildman–Crippen MR) is 218 cm³/mol. The highest BCUT2D eigenvalue weighted by molar-refractivity contribution is 5.95. The predicted octanol–water partition coefficient (Wildman–Crippen LogP) is 3.83. The molecule has 4 aliphatic rings. The number of rotatable bonds is 11. The van der Waals surface area contributed by atoms with E-state index in [1.165, 1.54) is 32.1 Å². The highest BCUT2D eigenvalue weighted by Gasteiger charge is 2.78. The Labute approximate surface area is 359 Å². The van der Waals surface area contributed by atoms with Crippen LogP contribution in [0.5, 0.6) is 0 Å². The molecular formula is C46H55NO15. The maximum absolute atomic E-state index is 15.4. The number of benzene rings is 2. The molecule has 16 nitrogen and oxygen atoms in total. The second-order valence-corrected chi connectivity index (χ2v) is 17.6. The molecule has 11 atom stereocenters. The van der Waals surface area contributed by atoms with E-state index in [1.54, 1.807) is 76.2 Å². The Morgan fingerprint density at radius 3 is 2.11 bits per heavy atom. The third-order valence-corrected chi connectivity index (χ3v) is 13.0. The maximum Gasteiger partial charge on any atom is 0.408 e. The van der Waals surface area contributed by atoms with Gasteiger partial charge in [-0.3, -0.25) is 14.4 Å². The number of carbonyl (C=O) groups is 6. The zero-order chi connectivity index (χ0) is 45.5. The maximum atomic E-state index is 15.4. The summed E-state index contributed by atoms with van der Waals surface area (Å²) in [6.07, 6.45) is -10.1. The van der Waals surface area contributed by atoms with Crippen molar-refractivity contribution >= 4 is 35.8 Å². The lowest BCUT2D eigenvalue weighted by atomic mass is 9.44. The Bertz CT molecular complexity index is 2150. The van der Waals surface area contributed by atoms with E-state index in [-0.39, 0.29) is 36.3 Å². The van der Waals surface area contributed by atoms with Crippen molar-refractivity contribution in [3.05, 3.63) is 94.6 Å². The summed E-state index contributed by atoms with van der Waals surface area (Å²) in [7, 11) is 0. The minimum atomic E-state index is -2.39. The normalized spacial score (nSPS) is 31.8. The van der Waals surface area contributed by atoms with Crippen molar-refractivity contribution in [3.63, 3.8) is 0 Å². The van der Waals surface area contributed by atoms with Crippen LogP contribution in [0.1, 0.15) is 84.2 Å². The zero-order valence-corrected chi connectivity index (χ0v) is 36.0. The molecule has 6 rings (SSSR count). The number of allylic oxidation sites excluding steroid dienone is 1. The summed E-state index contributed by atoms with van der Waals surface area (Å²) in [5.74, 6) is -6.29. The average Bonchev–Trinajstić information content (AvgIpc) is 3.20. The first kappa shape index (κ1) is 46.1. The third kappa shape index (κ3) is 8.16. The molecular weight excluding hydrogens is 806 g/mol. The lowest BCUT2D eigenvalue weighted by Crippen LogP contribution is -2.82. The minimum absolute atomic E-state index is 0.0108. The summed E-state index contributed by atoms with van der Waals surface area (Å²) in [4.78, 5) is 82.6. The number of nitrogens with one attached hydrogen (secondary N) is 1. The summed E-state index contributed by atoms with van der Waals surface area (Å²) in [5.41, 5.74) is -6.36. The van der Waals surface area contributed by atoms with Crippen LogP contribution in [-0.4, -0.2) is 112 Å². The van der Waals surface area contributed by atoms with E-state index in [2.05, 4.69) is 5.32 Å². The van der Waals surface area contributed by atoms with Crippen molar-refractivity contribution in [2.45, 2.75) is 129 Å². The Balaban J connectivity index is 1.48. The fourth-order valence-corrected chi connectivity index (χ4v) is 9.85. The summed E-state index contributed by atoms with van der Waals surface area (Å²) in [5, 5.41) is 39.7. The molecule has 1 unspecified atom stereocenters. The van der Waals surface area contributed by atoms with Gasteiger partial charge in [0.1, 0.15) is 30.5 Å². The lowest BCUT2D eigenvalue weighted by molar-refractivity contribution is -0.346. The van der Waals surface area contributed by atoms with Crippen LogP contribution in [-0.2, 0) is 54.2 Å². The van der Waals surface area contributed by atoms with Crippen molar-refractivity contribution in [1.29, 1.82) is 0 Å². The van der Waals surface area contributed by atoms with Gasteiger partial charge in [-0.05, 0) is 56.5 Å². The number of Topliss-reactive ketones (excluding diaryl/α,β-unsaturated/α-hetero) is 1. The number of esters is 4. The Kier molecular flexibility index (Phi) is 12.9. The Morgan fingerprint density at radius 2 is 1.55 bits per heavy atom. The molecule has 2 bridgehead atoms. The molecule has 0 aromatic heterocycles. The van der Waals surface area contributed by atoms with Crippen LogP contribution in [0.3, 0.4) is 0 Å². The van der Waals surface area contributed by atoms with Gasteiger partial charge in [0.2, 0.25) is 0 Å². The quantitative estimate of drug-likeness (QED) is 0.143. The number of carbonyl (C=O) groups excluding carboxylic acids is 6. The topological polar surface area (TPSA) is 231 Å². The van der Waals surface area contributed by atoms with E-state index < -0.39 is 113 Å². The Morgan fingerprint density at radius 1 is 0.919 bits per heavy atom. The molecule has 0 spiro atoms. The number of aliphatic hydroxyl groups is 3. The average molecular weight is 862 g/mol. The van der Waals surface area contributed by atoms with Gasteiger partial charge in [-0.2, -0.15) is 0 Å². The molecule has 2 aromatic rings. The van der Waals surface area contributed by atoms with Gasteiger partial charge in [0.25, 0.3) is 0 Å². The van der Waals surface area contributed by atoms with Crippen LogP contribution < -0.4 is 5.32 Å². The fourth-order valence-electron chi connectivity index (χ4n) is 9.85. The van der Waals surface area contributed by atoms with Gasteiger partial charge in [-0.1, -0.05) is 74.0 Å². The first-order chi connectivity index (χ1) is 29.1. The summed E-state index contributed by atoms with van der Waals surface area (Å²) < 4.78 is 35.4. The lowest BCUT2D eigenvalue weighted by Gasteiger charge is -2.67. The second-order valence-electron chi connectivity index (χ2n) is 17.6. The first-order valence-corrected chi connectivity index (χ1v) is 20.5. The van der Waals surface area contributed by atoms with Crippen molar-refractivity contribution < 1.29 is 72.5 Å². The zero-order valence-electron chi connectivity index (χ0n) is 36.0. The number of ether oxygens (including phenoxy) is 6. The molecule has 3 fully saturated rings. The molecule has 4 N–H and O–H groups in total. The molecule has 0 radical (unpaired) electrons. The van der Waals surface area contributed by atoms with Crippen LogP contribution in [0.25, 0.3) is 0 Å². The number of amides is 1. The number of fused-ring (bicyclic) bond motifs is 5. The van der Waals surface area contributed by atoms with Crippen molar-refractivity contribution in [3.8, 4) is 0 Å². The van der Waals surface area contributed by atoms with Gasteiger partial charge < -0.3 is 49.1 Å². The van der Waals surface area contributed by atoms with E-state index in [9.17, 15) is 39.3 Å². The van der Waals surface area contributed by atoms with Crippen LogP contribution in [0.15, 0.2) is 83.5 Å². The highest BCUT2D eigenvalue weighted by Crippen LogP contribution is 2.64. The van der Waals surface area contributed by atoms with Crippen LogP contribution >= 0.6 is 0 Å². The van der Waals surface area contributed by atoms with Gasteiger partial charge in [-0.25, -0.2) is 14.4 Å². The fraction of sp³-hybridized carbons (Fsp3) is 0.522. The van der Waals surface area contributed by atoms with Gasteiger partial charge in [-0.15, -0.1) is 0 Å². The molecule has 3 aliphatic carbocycles. The minimum Gasteiger partial charge on any atom is -0.456 e. The smallest absolute Gasteiger partial charge is 0.408 e. The van der Waals surface area contributed by atoms with Gasteiger partial charge >= 0.3 is 30.0 Å². The molecule has 2 saturated carbocycles. The van der Waals surface area contributed by atoms with E-state index in [4.69, 9.17) is 28.4 Å². The van der Waals surface area contributed by atoms with Crippen LogP contribution in [0.4, 0.5) is 4.79 Å². The number of ketones is 1.